The van der Waals surface area contributed by atoms with Crippen LogP contribution in [0.15, 0.2) is 71.6 Å². The lowest BCUT2D eigenvalue weighted by Gasteiger charge is -2.49. The van der Waals surface area contributed by atoms with Gasteiger partial charge in [-0.2, -0.15) is 4.31 Å². The number of rotatable bonds is 8. The van der Waals surface area contributed by atoms with Crippen molar-refractivity contribution in [3.63, 3.8) is 0 Å². The van der Waals surface area contributed by atoms with Crippen LogP contribution in [0, 0.1) is 0 Å². The highest BCUT2D eigenvalue weighted by atomic mass is 35.5. The molecule has 9 heteroatoms. The van der Waals surface area contributed by atoms with Gasteiger partial charge in [-0.15, -0.1) is 0 Å². The number of nitrogens with zero attached hydrogens (tertiary/aromatic N) is 1. The average Bonchev–Trinajstić information content (AvgIpc) is 2.77. The Morgan fingerprint density at radius 2 is 1.71 bits per heavy atom. The van der Waals surface area contributed by atoms with Gasteiger partial charge in [0.05, 0.1) is 12.6 Å². The number of hydrogen-bond acceptors (Lipinski definition) is 4. The number of methoxy groups -OCH3 is 1. The first-order chi connectivity index (χ1) is 16.2. The monoisotopic (exact) mass is 519 g/mol. The van der Waals surface area contributed by atoms with Crippen LogP contribution in [0.1, 0.15) is 24.8 Å². The number of benzene rings is 3. The summed E-state index contributed by atoms with van der Waals surface area (Å²) in [5.74, 6) is -1.10. The maximum absolute atomic E-state index is 13.9. The van der Waals surface area contributed by atoms with Crippen molar-refractivity contribution in [3.05, 3.63) is 82.3 Å². The van der Waals surface area contributed by atoms with Crippen molar-refractivity contribution in [2.24, 2.45) is 0 Å². The fourth-order valence-electron chi connectivity index (χ4n) is 4.43. The molecule has 0 spiro atoms. The third-order valence-corrected chi connectivity index (χ3v) is 8.57. The standard InChI is InChI=1S/C25H23Cl2NO5S/c1-33-22-8-2-3-9-23(22)34(31,32)28(16-24(29)30)25(10-5-11-25)19-12-18(14-21(27)15-19)17-6-4-7-20(26)13-17/h2-4,6-9,12-15H,5,10-11,16H2,1H3,(H,29,30). The molecule has 0 aromatic heterocycles. The normalized spacial score (nSPS) is 15.1. The van der Waals surface area contributed by atoms with Gasteiger partial charge in [-0.3, -0.25) is 4.79 Å². The van der Waals surface area contributed by atoms with E-state index in [1.54, 1.807) is 36.4 Å². The van der Waals surface area contributed by atoms with Crippen LogP contribution in [0.2, 0.25) is 10.0 Å². The fourth-order valence-corrected chi connectivity index (χ4v) is 6.77. The highest BCUT2D eigenvalue weighted by Crippen LogP contribution is 2.50. The molecule has 0 heterocycles. The van der Waals surface area contributed by atoms with Crippen LogP contribution in [-0.4, -0.2) is 37.5 Å². The predicted molar refractivity (Wildman–Crippen MR) is 132 cm³/mol. The summed E-state index contributed by atoms with van der Waals surface area (Å²) in [5.41, 5.74) is 1.17. The zero-order valence-corrected chi connectivity index (χ0v) is 20.7. The summed E-state index contributed by atoms with van der Waals surface area (Å²) in [6.45, 7) is -0.695. The first-order valence-corrected chi connectivity index (χ1v) is 12.8. The Kier molecular flexibility index (Phi) is 6.92. The Morgan fingerprint density at radius 1 is 1.00 bits per heavy atom. The molecule has 1 aliphatic rings. The topological polar surface area (TPSA) is 83.9 Å². The number of carboxylic acid groups (broad SMARTS) is 1. The summed E-state index contributed by atoms with van der Waals surface area (Å²) in [5, 5.41) is 10.7. The summed E-state index contributed by atoms with van der Waals surface area (Å²) in [6.07, 6.45) is 1.67. The van der Waals surface area contributed by atoms with Gasteiger partial charge in [-0.05, 0) is 78.4 Å². The van der Waals surface area contributed by atoms with Crippen molar-refractivity contribution < 1.29 is 23.1 Å². The van der Waals surface area contributed by atoms with Gasteiger partial charge < -0.3 is 9.84 Å². The van der Waals surface area contributed by atoms with E-state index in [2.05, 4.69) is 0 Å². The van der Waals surface area contributed by atoms with Crippen molar-refractivity contribution in [2.75, 3.05) is 13.7 Å². The molecule has 3 aromatic rings. The van der Waals surface area contributed by atoms with Crippen molar-refractivity contribution in [1.29, 1.82) is 0 Å². The molecule has 6 nitrogen and oxygen atoms in total. The minimum atomic E-state index is -4.24. The summed E-state index contributed by atoms with van der Waals surface area (Å²) >= 11 is 12.6. The van der Waals surface area contributed by atoms with Gasteiger partial charge in [0.1, 0.15) is 17.2 Å². The number of aliphatic carboxylic acids is 1. The summed E-state index contributed by atoms with van der Waals surface area (Å²) in [4.78, 5) is 11.8. The van der Waals surface area contributed by atoms with Gasteiger partial charge in [0.2, 0.25) is 10.0 Å². The van der Waals surface area contributed by atoms with E-state index in [0.29, 0.717) is 28.5 Å². The zero-order valence-electron chi connectivity index (χ0n) is 18.4. The fraction of sp³-hybridized carbons (Fsp3) is 0.240. The lowest BCUT2D eigenvalue weighted by molar-refractivity contribution is -0.139. The molecule has 0 unspecified atom stereocenters. The number of carboxylic acids is 1. The lowest BCUT2D eigenvalue weighted by atomic mass is 9.71. The Bertz CT molecular complexity index is 1340. The summed E-state index contributed by atoms with van der Waals surface area (Å²) < 4.78 is 34.1. The molecule has 34 heavy (non-hydrogen) atoms. The molecular formula is C25H23Cl2NO5S. The number of ether oxygens (including phenoxy) is 1. The largest absolute Gasteiger partial charge is 0.495 e. The average molecular weight is 520 g/mol. The lowest BCUT2D eigenvalue weighted by Crippen LogP contribution is -2.55. The van der Waals surface area contributed by atoms with E-state index in [-0.39, 0.29) is 10.6 Å². The van der Waals surface area contributed by atoms with Crippen LogP contribution < -0.4 is 4.74 Å². The maximum atomic E-state index is 13.9. The first-order valence-electron chi connectivity index (χ1n) is 10.6. The van der Waals surface area contributed by atoms with E-state index < -0.39 is 28.1 Å². The van der Waals surface area contributed by atoms with E-state index in [0.717, 1.165) is 21.9 Å². The number of halogens is 2. The van der Waals surface area contributed by atoms with E-state index in [4.69, 9.17) is 27.9 Å². The second-order valence-corrected chi connectivity index (χ2v) is 10.9. The van der Waals surface area contributed by atoms with Crippen LogP contribution in [0.5, 0.6) is 5.75 Å². The maximum Gasteiger partial charge on any atom is 0.318 e. The third-order valence-electron chi connectivity index (χ3n) is 6.17. The molecule has 0 bridgehead atoms. The molecule has 4 rings (SSSR count). The van der Waals surface area contributed by atoms with Crippen LogP contribution >= 0.6 is 23.2 Å². The van der Waals surface area contributed by atoms with Crippen LogP contribution in [0.25, 0.3) is 11.1 Å². The predicted octanol–water partition coefficient (Wildman–Crippen LogP) is 5.82. The van der Waals surface area contributed by atoms with Gasteiger partial charge in [-0.25, -0.2) is 8.42 Å². The zero-order chi connectivity index (χ0) is 24.5. The molecule has 0 amide bonds. The van der Waals surface area contributed by atoms with Crippen LogP contribution in [0.3, 0.4) is 0 Å². The molecule has 178 valence electrons. The van der Waals surface area contributed by atoms with Crippen LogP contribution in [-0.2, 0) is 20.4 Å². The first kappa shape index (κ1) is 24.5. The van der Waals surface area contributed by atoms with Crippen LogP contribution in [0.4, 0.5) is 0 Å². The summed E-state index contributed by atoms with van der Waals surface area (Å²) in [7, 11) is -2.86. The Hall–Kier alpha value is -2.58. The molecule has 3 aromatic carbocycles. The smallest absolute Gasteiger partial charge is 0.318 e. The van der Waals surface area contributed by atoms with Gasteiger partial charge in [0.15, 0.2) is 0 Å². The van der Waals surface area contributed by atoms with E-state index in [1.165, 1.54) is 19.2 Å². The van der Waals surface area contributed by atoms with Crippen molar-refractivity contribution in [2.45, 2.75) is 29.7 Å². The molecule has 0 radical (unpaired) electrons. The third kappa shape index (κ3) is 4.53. The second-order valence-electron chi connectivity index (χ2n) is 8.18. The van der Waals surface area contributed by atoms with Gasteiger partial charge in [0.25, 0.3) is 0 Å². The molecule has 1 N–H and O–H groups in total. The Balaban J connectivity index is 1.89. The highest BCUT2D eigenvalue weighted by Gasteiger charge is 2.51. The van der Waals surface area contributed by atoms with Crippen molar-refractivity contribution >= 4 is 39.2 Å². The number of carbonyl (C=O) groups is 1. The van der Waals surface area contributed by atoms with Gasteiger partial charge in [0, 0.05) is 10.0 Å². The quantitative estimate of drug-likeness (QED) is 0.405. The number of para-hydroxylation sites is 1. The van der Waals surface area contributed by atoms with E-state index in [9.17, 15) is 18.3 Å². The molecule has 1 fully saturated rings. The molecule has 0 atom stereocenters. The van der Waals surface area contributed by atoms with Gasteiger partial charge >= 0.3 is 5.97 Å². The minimum Gasteiger partial charge on any atom is -0.495 e. The molecule has 1 aliphatic carbocycles. The summed E-state index contributed by atoms with van der Waals surface area (Å²) in [6, 6.07) is 18.8. The molecule has 1 saturated carbocycles. The SMILES string of the molecule is COc1ccccc1S(=O)(=O)N(CC(=O)O)C1(c2cc(Cl)cc(-c3cccc(Cl)c3)c2)CCC1. The Labute approximate surface area is 208 Å². The van der Waals surface area contributed by atoms with E-state index >= 15 is 0 Å². The van der Waals surface area contributed by atoms with Crippen molar-refractivity contribution in [3.8, 4) is 16.9 Å². The van der Waals surface area contributed by atoms with E-state index in [1.807, 2.05) is 18.2 Å². The Morgan fingerprint density at radius 3 is 2.32 bits per heavy atom. The molecule has 0 aliphatic heterocycles. The molecular weight excluding hydrogens is 497 g/mol. The second kappa shape index (κ2) is 9.58. The minimum absolute atomic E-state index is 0.0814. The van der Waals surface area contributed by atoms with Crippen molar-refractivity contribution in [1.82, 2.24) is 4.31 Å². The molecule has 0 saturated heterocycles. The number of hydrogen-bond donors (Lipinski definition) is 1. The number of sulfonamides is 1. The van der Waals surface area contributed by atoms with Gasteiger partial charge in [-0.1, -0.05) is 47.5 Å². The highest BCUT2D eigenvalue weighted by molar-refractivity contribution is 7.89.